The van der Waals surface area contributed by atoms with E-state index in [1.165, 1.54) is 0 Å². The monoisotopic (exact) mass is 460 g/mol. The average molecular weight is 460 g/mol. The van der Waals surface area contributed by atoms with Crippen molar-refractivity contribution in [2.75, 3.05) is 14.2 Å². The summed E-state index contributed by atoms with van der Waals surface area (Å²) < 4.78 is 7.06. The van der Waals surface area contributed by atoms with E-state index in [1.807, 2.05) is 17.8 Å². The smallest absolute Gasteiger partial charge is 0.191 e. The van der Waals surface area contributed by atoms with Gasteiger partial charge in [-0.05, 0) is 13.3 Å². The molecule has 0 aromatic carbocycles. The number of methoxy groups -OCH3 is 1. The van der Waals surface area contributed by atoms with E-state index in [1.54, 1.807) is 14.2 Å². The third-order valence-electron chi connectivity index (χ3n) is 4.12. The number of rotatable bonds is 5. The van der Waals surface area contributed by atoms with Crippen molar-refractivity contribution in [3.8, 4) is 0 Å². The summed E-state index contributed by atoms with van der Waals surface area (Å²) in [7, 11) is 3.43. The van der Waals surface area contributed by atoms with Crippen LogP contribution in [0, 0.1) is 6.92 Å². The van der Waals surface area contributed by atoms with Crippen molar-refractivity contribution in [1.82, 2.24) is 35.6 Å². The van der Waals surface area contributed by atoms with Gasteiger partial charge in [0.25, 0.3) is 0 Å². The minimum Gasteiger partial charge on any atom is -0.377 e. The van der Waals surface area contributed by atoms with Crippen molar-refractivity contribution in [2.24, 2.45) is 4.99 Å². The van der Waals surface area contributed by atoms with Gasteiger partial charge in [0.05, 0.1) is 12.7 Å². The third kappa shape index (κ3) is 4.91. The fraction of sp³-hybridized carbons (Fsp3) is 0.600. The number of nitrogens with zero attached hydrogens (tertiary/aromatic N) is 5. The zero-order chi connectivity index (χ0) is 16.9. The van der Waals surface area contributed by atoms with Crippen LogP contribution in [0.25, 0.3) is 0 Å². The highest BCUT2D eigenvalue weighted by atomic mass is 127. The van der Waals surface area contributed by atoms with Gasteiger partial charge in [0.2, 0.25) is 0 Å². The van der Waals surface area contributed by atoms with Crippen molar-refractivity contribution < 1.29 is 4.74 Å². The lowest BCUT2D eigenvalue weighted by Gasteiger charge is -2.25. The molecule has 2 aromatic rings. The number of H-pyrrole nitrogens is 1. The highest BCUT2D eigenvalue weighted by Gasteiger charge is 2.22. The summed E-state index contributed by atoms with van der Waals surface area (Å²) in [5.41, 5.74) is 2.19. The van der Waals surface area contributed by atoms with Crippen LogP contribution in [-0.4, -0.2) is 51.1 Å². The Morgan fingerprint density at radius 3 is 3.04 bits per heavy atom. The molecule has 138 valence electrons. The van der Waals surface area contributed by atoms with Gasteiger partial charge in [-0.1, -0.05) is 0 Å². The lowest BCUT2D eigenvalue weighted by Crippen LogP contribution is -2.46. The van der Waals surface area contributed by atoms with Gasteiger partial charge in [0, 0.05) is 44.4 Å². The van der Waals surface area contributed by atoms with Gasteiger partial charge in [-0.25, -0.2) is 9.67 Å². The number of hydrogen-bond donors (Lipinski definition) is 3. The van der Waals surface area contributed by atoms with Crippen LogP contribution in [0.2, 0.25) is 0 Å². The summed E-state index contributed by atoms with van der Waals surface area (Å²) in [4.78, 5) is 8.80. The summed E-state index contributed by atoms with van der Waals surface area (Å²) in [6.07, 6.45) is 3.72. The number of halogens is 1. The first-order valence-corrected chi connectivity index (χ1v) is 8.07. The lowest BCUT2D eigenvalue weighted by atomic mass is 10.1. The van der Waals surface area contributed by atoms with Crippen LogP contribution >= 0.6 is 24.0 Å². The molecule has 1 aliphatic heterocycles. The first-order chi connectivity index (χ1) is 11.7. The zero-order valence-corrected chi connectivity index (χ0v) is 17.1. The van der Waals surface area contributed by atoms with E-state index in [-0.39, 0.29) is 30.0 Å². The van der Waals surface area contributed by atoms with Crippen LogP contribution in [0.3, 0.4) is 0 Å². The van der Waals surface area contributed by atoms with Crippen molar-refractivity contribution in [3.05, 3.63) is 29.1 Å². The number of nitrogens with one attached hydrogen (secondary N) is 3. The highest BCUT2D eigenvalue weighted by Crippen LogP contribution is 2.13. The minimum absolute atomic E-state index is 0. The van der Waals surface area contributed by atoms with E-state index in [0.29, 0.717) is 13.2 Å². The first kappa shape index (κ1) is 19.6. The van der Waals surface area contributed by atoms with Crippen molar-refractivity contribution >= 4 is 29.9 Å². The van der Waals surface area contributed by atoms with Gasteiger partial charge in [-0.2, -0.15) is 10.2 Å². The minimum atomic E-state index is 0. The SMILES string of the molecule is CN=C(NCc1cn[nH]c1C)NC1CCc2nc(COC)nn2C1.I. The Kier molecular flexibility index (Phi) is 7.17. The maximum atomic E-state index is 5.10. The van der Waals surface area contributed by atoms with E-state index in [9.17, 15) is 0 Å². The molecule has 1 aliphatic rings. The molecule has 1 atom stereocenters. The maximum Gasteiger partial charge on any atom is 0.191 e. The second kappa shape index (κ2) is 9.13. The van der Waals surface area contributed by atoms with E-state index in [0.717, 1.165) is 48.3 Å². The van der Waals surface area contributed by atoms with Gasteiger partial charge in [-0.15, -0.1) is 24.0 Å². The molecule has 25 heavy (non-hydrogen) atoms. The number of aryl methyl sites for hydroxylation is 2. The predicted octanol–water partition coefficient (Wildman–Crippen LogP) is 0.754. The van der Waals surface area contributed by atoms with Crippen LogP contribution in [0.15, 0.2) is 11.2 Å². The molecule has 0 spiro atoms. The molecule has 2 aromatic heterocycles. The number of aromatic amines is 1. The van der Waals surface area contributed by atoms with Crippen molar-refractivity contribution in [2.45, 2.75) is 45.5 Å². The summed E-state index contributed by atoms with van der Waals surface area (Å²) in [6, 6.07) is 0.270. The fourth-order valence-corrected chi connectivity index (χ4v) is 2.79. The van der Waals surface area contributed by atoms with E-state index < -0.39 is 0 Å². The molecule has 3 heterocycles. The average Bonchev–Trinajstić information content (AvgIpc) is 3.16. The van der Waals surface area contributed by atoms with Crippen molar-refractivity contribution in [1.29, 1.82) is 0 Å². The van der Waals surface area contributed by atoms with Gasteiger partial charge in [0.1, 0.15) is 12.4 Å². The quantitative estimate of drug-likeness (QED) is 0.346. The molecule has 10 heteroatoms. The van der Waals surface area contributed by atoms with Crippen LogP contribution < -0.4 is 10.6 Å². The normalized spacial score (nSPS) is 16.9. The topological polar surface area (TPSA) is 105 Å². The highest BCUT2D eigenvalue weighted by molar-refractivity contribution is 14.0. The Hall–Kier alpha value is -1.69. The second-order valence-electron chi connectivity index (χ2n) is 5.89. The summed E-state index contributed by atoms with van der Waals surface area (Å²) in [5.74, 6) is 2.55. The Balaban J connectivity index is 0.00000225. The predicted molar refractivity (Wildman–Crippen MR) is 105 cm³/mol. The Morgan fingerprint density at radius 1 is 1.52 bits per heavy atom. The molecule has 0 aliphatic carbocycles. The molecule has 0 bridgehead atoms. The number of aliphatic imine (C=N–C) groups is 1. The Labute approximate surface area is 164 Å². The van der Waals surface area contributed by atoms with Crippen molar-refractivity contribution in [3.63, 3.8) is 0 Å². The molecule has 1 unspecified atom stereocenters. The van der Waals surface area contributed by atoms with Gasteiger partial charge >= 0.3 is 0 Å². The maximum absolute atomic E-state index is 5.10. The van der Waals surface area contributed by atoms with E-state index in [2.05, 4.69) is 35.9 Å². The molecule has 0 amide bonds. The molecule has 3 rings (SSSR count). The molecule has 0 saturated heterocycles. The Bertz CT molecular complexity index is 710. The third-order valence-corrected chi connectivity index (χ3v) is 4.12. The van der Waals surface area contributed by atoms with E-state index in [4.69, 9.17) is 4.74 Å². The lowest BCUT2D eigenvalue weighted by molar-refractivity contribution is 0.177. The molecule has 0 fully saturated rings. The number of ether oxygens (including phenoxy) is 1. The van der Waals surface area contributed by atoms with Crippen LogP contribution in [0.1, 0.15) is 29.3 Å². The Morgan fingerprint density at radius 2 is 2.36 bits per heavy atom. The molecule has 9 nitrogen and oxygen atoms in total. The van der Waals surface area contributed by atoms with E-state index >= 15 is 0 Å². The molecule has 0 radical (unpaired) electrons. The summed E-state index contributed by atoms with van der Waals surface area (Å²) >= 11 is 0. The molecule has 0 saturated carbocycles. The fourth-order valence-electron chi connectivity index (χ4n) is 2.79. The molecule has 3 N–H and O–H groups in total. The van der Waals surface area contributed by atoms with Gasteiger partial charge in [0.15, 0.2) is 11.8 Å². The number of fused-ring (bicyclic) bond motifs is 1. The largest absolute Gasteiger partial charge is 0.377 e. The zero-order valence-electron chi connectivity index (χ0n) is 14.7. The second-order valence-corrected chi connectivity index (χ2v) is 5.89. The van der Waals surface area contributed by atoms with Gasteiger partial charge < -0.3 is 15.4 Å². The molecular formula is C15H25IN8O. The first-order valence-electron chi connectivity index (χ1n) is 8.07. The van der Waals surface area contributed by atoms with Crippen LogP contribution in [0.5, 0.6) is 0 Å². The van der Waals surface area contributed by atoms with Crippen LogP contribution in [0.4, 0.5) is 0 Å². The van der Waals surface area contributed by atoms with Gasteiger partial charge in [-0.3, -0.25) is 10.1 Å². The number of hydrogen-bond acceptors (Lipinski definition) is 5. The summed E-state index contributed by atoms with van der Waals surface area (Å²) in [6.45, 7) is 3.91. The summed E-state index contributed by atoms with van der Waals surface area (Å²) in [5, 5.41) is 18.2. The van der Waals surface area contributed by atoms with Crippen LogP contribution in [-0.2, 0) is 30.9 Å². The number of guanidine groups is 1. The number of aromatic nitrogens is 5. The standard InChI is InChI=1S/C15H24N8O.HI/c1-10-11(7-18-21-10)6-17-15(16-2)19-12-4-5-14-20-13(9-24-3)22-23(14)8-12;/h7,12H,4-6,8-9H2,1-3H3,(H,18,21)(H2,16,17,19);1H. The molecular weight excluding hydrogens is 435 g/mol.